The maximum absolute atomic E-state index is 10.0. The Labute approximate surface area is 112 Å². The summed E-state index contributed by atoms with van der Waals surface area (Å²) >= 11 is 1.65. The molecule has 3 N–H and O–H groups in total. The third-order valence-corrected chi connectivity index (χ3v) is 3.84. The van der Waals surface area contributed by atoms with Gasteiger partial charge in [-0.1, -0.05) is 42.5 Å². The van der Waals surface area contributed by atoms with E-state index in [-0.39, 0.29) is 0 Å². The standard InChI is InChI=1S/C15H17NOS/c16-10-12-6-8-14(9-7-12)18-11-15(17)13-4-2-1-3-5-13/h1-9,15,17H,10-11,16H2. The molecule has 0 saturated carbocycles. The van der Waals surface area contributed by atoms with Crippen molar-refractivity contribution in [3.63, 3.8) is 0 Å². The summed E-state index contributed by atoms with van der Waals surface area (Å²) in [6.07, 6.45) is -0.426. The van der Waals surface area contributed by atoms with Gasteiger partial charge in [0, 0.05) is 17.2 Å². The van der Waals surface area contributed by atoms with Gasteiger partial charge in [-0.25, -0.2) is 0 Å². The van der Waals surface area contributed by atoms with Crippen molar-refractivity contribution in [2.75, 3.05) is 5.75 Å². The van der Waals surface area contributed by atoms with E-state index in [0.29, 0.717) is 12.3 Å². The van der Waals surface area contributed by atoms with Crippen molar-refractivity contribution in [2.45, 2.75) is 17.5 Å². The minimum absolute atomic E-state index is 0.426. The van der Waals surface area contributed by atoms with Crippen LogP contribution >= 0.6 is 11.8 Å². The molecule has 94 valence electrons. The molecule has 1 unspecified atom stereocenters. The summed E-state index contributed by atoms with van der Waals surface area (Å²) in [5.41, 5.74) is 7.64. The van der Waals surface area contributed by atoms with Gasteiger partial charge in [0.1, 0.15) is 0 Å². The van der Waals surface area contributed by atoms with Crippen LogP contribution < -0.4 is 5.73 Å². The van der Waals surface area contributed by atoms with E-state index in [1.165, 1.54) is 0 Å². The lowest BCUT2D eigenvalue weighted by atomic mass is 10.1. The van der Waals surface area contributed by atoms with Crippen molar-refractivity contribution in [1.29, 1.82) is 0 Å². The van der Waals surface area contributed by atoms with Crippen LogP contribution in [0.15, 0.2) is 59.5 Å². The van der Waals surface area contributed by atoms with E-state index in [1.54, 1.807) is 11.8 Å². The molecule has 0 aliphatic heterocycles. The van der Waals surface area contributed by atoms with Gasteiger partial charge < -0.3 is 10.8 Å². The number of nitrogens with two attached hydrogens (primary N) is 1. The van der Waals surface area contributed by atoms with Crippen molar-refractivity contribution >= 4 is 11.8 Å². The van der Waals surface area contributed by atoms with Gasteiger partial charge in [-0.3, -0.25) is 0 Å². The lowest BCUT2D eigenvalue weighted by molar-refractivity contribution is 0.204. The topological polar surface area (TPSA) is 46.2 Å². The number of hydrogen-bond acceptors (Lipinski definition) is 3. The molecule has 2 aromatic rings. The molecule has 0 aliphatic carbocycles. The average Bonchev–Trinajstić information content (AvgIpc) is 2.46. The number of rotatable bonds is 5. The summed E-state index contributed by atoms with van der Waals surface area (Å²) in [5.74, 6) is 0.659. The summed E-state index contributed by atoms with van der Waals surface area (Å²) in [5, 5.41) is 10.0. The highest BCUT2D eigenvalue weighted by molar-refractivity contribution is 7.99. The van der Waals surface area contributed by atoms with E-state index < -0.39 is 6.10 Å². The first kappa shape index (κ1) is 13.1. The molecule has 0 fully saturated rings. The molecule has 2 rings (SSSR count). The van der Waals surface area contributed by atoms with E-state index in [9.17, 15) is 5.11 Å². The molecule has 0 amide bonds. The Bertz CT molecular complexity index is 470. The summed E-state index contributed by atoms with van der Waals surface area (Å²) < 4.78 is 0. The average molecular weight is 259 g/mol. The van der Waals surface area contributed by atoms with Gasteiger partial charge in [0.25, 0.3) is 0 Å². The molecule has 2 nitrogen and oxygen atoms in total. The second kappa shape index (κ2) is 6.59. The summed E-state index contributed by atoms with van der Waals surface area (Å²) in [6, 6.07) is 17.9. The number of benzene rings is 2. The largest absolute Gasteiger partial charge is 0.388 e. The Hall–Kier alpha value is -1.29. The van der Waals surface area contributed by atoms with Crippen LogP contribution in [0.4, 0.5) is 0 Å². The van der Waals surface area contributed by atoms with E-state index in [1.807, 2.05) is 54.6 Å². The maximum Gasteiger partial charge on any atom is 0.0883 e. The van der Waals surface area contributed by atoms with Crippen molar-refractivity contribution in [3.05, 3.63) is 65.7 Å². The summed E-state index contributed by atoms with van der Waals surface area (Å²) in [7, 11) is 0. The smallest absolute Gasteiger partial charge is 0.0883 e. The first-order valence-corrected chi connectivity index (χ1v) is 6.93. The first-order valence-electron chi connectivity index (χ1n) is 5.94. The van der Waals surface area contributed by atoms with Crippen molar-refractivity contribution in [2.24, 2.45) is 5.73 Å². The van der Waals surface area contributed by atoms with Crippen molar-refractivity contribution in [1.82, 2.24) is 0 Å². The fourth-order valence-electron chi connectivity index (χ4n) is 1.67. The molecule has 0 aromatic heterocycles. The van der Waals surface area contributed by atoms with Gasteiger partial charge in [-0.15, -0.1) is 11.8 Å². The minimum Gasteiger partial charge on any atom is -0.388 e. The van der Waals surface area contributed by atoms with Crippen molar-refractivity contribution in [3.8, 4) is 0 Å². The fourth-order valence-corrected chi connectivity index (χ4v) is 2.54. The highest BCUT2D eigenvalue weighted by Gasteiger charge is 2.07. The van der Waals surface area contributed by atoms with E-state index in [2.05, 4.69) is 0 Å². The molecule has 18 heavy (non-hydrogen) atoms. The summed E-state index contributed by atoms with van der Waals surface area (Å²) in [6.45, 7) is 0.567. The Morgan fingerprint density at radius 3 is 2.28 bits per heavy atom. The number of hydrogen-bond donors (Lipinski definition) is 2. The number of aliphatic hydroxyl groups excluding tert-OH is 1. The molecule has 2 aromatic carbocycles. The van der Waals surface area contributed by atoms with Gasteiger partial charge in [0.15, 0.2) is 0 Å². The second-order valence-electron chi connectivity index (χ2n) is 4.09. The Morgan fingerprint density at radius 1 is 1.00 bits per heavy atom. The van der Waals surface area contributed by atoms with Gasteiger partial charge >= 0.3 is 0 Å². The van der Waals surface area contributed by atoms with Crippen molar-refractivity contribution < 1.29 is 5.11 Å². The van der Waals surface area contributed by atoms with E-state index in [0.717, 1.165) is 16.0 Å². The molecule has 0 radical (unpaired) electrons. The van der Waals surface area contributed by atoms with Gasteiger partial charge in [0.2, 0.25) is 0 Å². The summed E-state index contributed by atoms with van der Waals surface area (Å²) in [4.78, 5) is 1.15. The number of thioether (sulfide) groups is 1. The third kappa shape index (κ3) is 3.60. The Morgan fingerprint density at radius 2 is 1.67 bits per heavy atom. The number of aliphatic hydroxyl groups is 1. The van der Waals surface area contributed by atoms with Crippen LogP contribution in [-0.4, -0.2) is 10.9 Å². The molecule has 0 aliphatic rings. The maximum atomic E-state index is 10.0. The predicted molar refractivity (Wildman–Crippen MR) is 76.5 cm³/mol. The van der Waals surface area contributed by atoms with Crippen LogP contribution in [-0.2, 0) is 6.54 Å². The Kier molecular flexibility index (Phi) is 4.81. The predicted octanol–water partition coefficient (Wildman–Crippen LogP) is 2.97. The zero-order valence-corrected chi connectivity index (χ0v) is 10.9. The molecular formula is C15H17NOS. The lowest BCUT2D eigenvalue weighted by Gasteiger charge is -2.10. The zero-order valence-electron chi connectivity index (χ0n) is 10.1. The van der Waals surface area contributed by atoms with Crippen LogP contribution in [0.1, 0.15) is 17.2 Å². The van der Waals surface area contributed by atoms with E-state index >= 15 is 0 Å². The minimum atomic E-state index is -0.426. The third-order valence-electron chi connectivity index (χ3n) is 2.75. The van der Waals surface area contributed by atoms with Gasteiger partial charge in [-0.05, 0) is 23.3 Å². The molecule has 3 heteroatoms. The van der Waals surface area contributed by atoms with Crippen LogP contribution in [0.5, 0.6) is 0 Å². The highest BCUT2D eigenvalue weighted by atomic mass is 32.2. The fraction of sp³-hybridized carbons (Fsp3) is 0.200. The van der Waals surface area contributed by atoms with Crippen LogP contribution in [0.2, 0.25) is 0 Å². The van der Waals surface area contributed by atoms with Crippen LogP contribution in [0.3, 0.4) is 0 Å². The van der Waals surface area contributed by atoms with Gasteiger partial charge in [0.05, 0.1) is 6.10 Å². The molecule has 0 saturated heterocycles. The molecular weight excluding hydrogens is 242 g/mol. The monoisotopic (exact) mass is 259 g/mol. The van der Waals surface area contributed by atoms with Crippen LogP contribution in [0.25, 0.3) is 0 Å². The first-order chi connectivity index (χ1) is 8.79. The normalized spacial score (nSPS) is 12.3. The Balaban J connectivity index is 1.91. The lowest BCUT2D eigenvalue weighted by Crippen LogP contribution is -2.00. The second-order valence-corrected chi connectivity index (χ2v) is 5.18. The molecule has 1 atom stereocenters. The molecule has 0 heterocycles. The van der Waals surface area contributed by atoms with Crippen LogP contribution in [0, 0.1) is 0 Å². The molecule has 0 spiro atoms. The highest BCUT2D eigenvalue weighted by Crippen LogP contribution is 2.24. The van der Waals surface area contributed by atoms with E-state index in [4.69, 9.17) is 5.73 Å². The zero-order chi connectivity index (χ0) is 12.8. The molecule has 0 bridgehead atoms. The van der Waals surface area contributed by atoms with Gasteiger partial charge in [-0.2, -0.15) is 0 Å². The SMILES string of the molecule is NCc1ccc(SCC(O)c2ccccc2)cc1. The quantitative estimate of drug-likeness (QED) is 0.811.